The Balaban J connectivity index is 1.25. The van der Waals surface area contributed by atoms with Crippen LogP contribution in [0.15, 0.2) is 136 Å². The molecule has 0 bridgehead atoms. The van der Waals surface area contributed by atoms with Gasteiger partial charge in [-0.15, -0.1) is 0 Å². The molecule has 0 radical (unpaired) electrons. The van der Waals surface area contributed by atoms with Crippen molar-refractivity contribution in [3.05, 3.63) is 166 Å². The molecule has 9 rings (SSSR count). The average Bonchev–Trinajstić information content (AvgIpc) is 3.68. The molecule has 0 N–H and O–H groups in total. The van der Waals surface area contributed by atoms with Crippen LogP contribution in [0.4, 0.5) is 34.1 Å². The number of aryl methyl sites for hydroxylation is 7. The van der Waals surface area contributed by atoms with Crippen LogP contribution in [0.5, 0.6) is 0 Å². The third-order valence-corrected chi connectivity index (χ3v) is 10.6. The van der Waals surface area contributed by atoms with Gasteiger partial charge in [0.1, 0.15) is 22.3 Å². The van der Waals surface area contributed by atoms with E-state index in [1.54, 1.807) is 0 Å². The van der Waals surface area contributed by atoms with Gasteiger partial charge in [-0.2, -0.15) is 0 Å². The lowest BCUT2D eigenvalue weighted by Crippen LogP contribution is -2.13. The van der Waals surface area contributed by atoms with Gasteiger partial charge in [0.2, 0.25) is 0 Å². The van der Waals surface area contributed by atoms with Gasteiger partial charge in [0.25, 0.3) is 0 Å². The van der Waals surface area contributed by atoms with Gasteiger partial charge in [0.15, 0.2) is 0 Å². The van der Waals surface area contributed by atoms with E-state index in [-0.39, 0.29) is 0 Å². The third kappa shape index (κ3) is 5.62. The first-order chi connectivity index (χ1) is 25.6. The number of furan rings is 2. The molecule has 0 saturated heterocycles. The monoisotopic (exact) mass is 690 g/mol. The second kappa shape index (κ2) is 12.5. The molecule has 2 heterocycles. The Hall–Kier alpha value is -6.26. The molecule has 0 aliphatic heterocycles. The molecule has 0 amide bonds. The van der Waals surface area contributed by atoms with Crippen LogP contribution in [0.3, 0.4) is 0 Å². The van der Waals surface area contributed by atoms with Crippen LogP contribution in [0.25, 0.3) is 43.9 Å². The summed E-state index contributed by atoms with van der Waals surface area (Å²) in [5, 5.41) is 4.38. The second-order valence-electron chi connectivity index (χ2n) is 14.8. The summed E-state index contributed by atoms with van der Waals surface area (Å²) in [6.07, 6.45) is 0. The Bertz CT molecular complexity index is 2840. The number of benzene rings is 7. The maximum absolute atomic E-state index is 6.52. The molecule has 0 saturated carbocycles. The van der Waals surface area contributed by atoms with Gasteiger partial charge < -0.3 is 18.6 Å². The van der Waals surface area contributed by atoms with Crippen LogP contribution in [-0.4, -0.2) is 0 Å². The summed E-state index contributed by atoms with van der Waals surface area (Å²) in [6, 6.07) is 46.1. The highest BCUT2D eigenvalue weighted by Gasteiger charge is 2.21. The number of fused-ring (bicyclic) bond motifs is 6. The maximum atomic E-state index is 6.52. The van der Waals surface area contributed by atoms with Crippen LogP contribution >= 0.6 is 0 Å². The first kappa shape index (κ1) is 32.6. The van der Waals surface area contributed by atoms with Gasteiger partial charge in [0.05, 0.1) is 0 Å². The van der Waals surface area contributed by atoms with Gasteiger partial charge in [0, 0.05) is 55.7 Å². The van der Waals surface area contributed by atoms with E-state index in [0.717, 1.165) is 78.0 Å². The lowest BCUT2D eigenvalue weighted by Gasteiger charge is -2.29. The van der Waals surface area contributed by atoms with Gasteiger partial charge in [-0.25, -0.2) is 0 Å². The molecule has 0 atom stereocenters. The van der Waals surface area contributed by atoms with Crippen LogP contribution in [0.2, 0.25) is 0 Å². The molecule has 0 unspecified atom stereocenters. The average molecular weight is 691 g/mol. The van der Waals surface area contributed by atoms with E-state index in [0.29, 0.717) is 0 Å². The minimum Gasteiger partial charge on any atom is -0.456 e. The Morgan fingerprint density at radius 1 is 0.302 bits per heavy atom. The molecular formula is C49H42N2O2. The summed E-state index contributed by atoms with van der Waals surface area (Å²) in [6.45, 7) is 15.2. The fourth-order valence-corrected chi connectivity index (χ4v) is 8.05. The first-order valence-corrected chi connectivity index (χ1v) is 18.3. The second-order valence-corrected chi connectivity index (χ2v) is 14.8. The highest BCUT2D eigenvalue weighted by atomic mass is 16.3. The Morgan fingerprint density at radius 2 is 0.604 bits per heavy atom. The number of nitrogens with zero attached hydrogens (tertiary/aromatic N) is 2. The summed E-state index contributed by atoms with van der Waals surface area (Å²) in [4.78, 5) is 4.75. The van der Waals surface area contributed by atoms with Crippen molar-refractivity contribution in [1.29, 1.82) is 0 Å². The minimum atomic E-state index is 0.859. The normalized spacial score (nSPS) is 11.7. The van der Waals surface area contributed by atoms with Crippen LogP contribution in [0.1, 0.15) is 38.9 Å². The minimum absolute atomic E-state index is 0.859. The summed E-state index contributed by atoms with van der Waals surface area (Å²) in [5.41, 5.74) is 18.8. The van der Waals surface area contributed by atoms with Gasteiger partial charge in [-0.1, -0.05) is 64.7 Å². The van der Waals surface area contributed by atoms with Crippen molar-refractivity contribution < 1.29 is 8.83 Å². The number of anilines is 6. The predicted octanol–water partition coefficient (Wildman–Crippen LogP) is 14.6. The zero-order chi connectivity index (χ0) is 36.5. The fraction of sp³-hybridized carbons (Fsp3) is 0.143. The van der Waals surface area contributed by atoms with E-state index in [9.17, 15) is 0 Å². The lowest BCUT2D eigenvalue weighted by molar-refractivity contribution is 0.668. The molecule has 0 spiro atoms. The number of hydrogen-bond acceptors (Lipinski definition) is 4. The molecule has 9 aromatic rings. The molecule has 4 nitrogen and oxygen atoms in total. The van der Waals surface area contributed by atoms with E-state index in [4.69, 9.17) is 8.83 Å². The lowest BCUT2D eigenvalue weighted by atomic mass is 10.0. The van der Waals surface area contributed by atoms with Crippen molar-refractivity contribution in [2.75, 3.05) is 9.80 Å². The number of rotatable bonds is 6. The van der Waals surface area contributed by atoms with Gasteiger partial charge in [-0.05, 0) is 150 Å². The van der Waals surface area contributed by atoms with Crippen LogP contribution in [-0.2, 0) is 0 Å². The van der Waals surface area contributed by atoms with Crippen LogP contribution in [0, 0.1) is 48.5 Å². The predicted molar refractivity (Wildman–Crippen MR) is 224 cm³/mol. The molecular weight excluding hydrogens is 649 g/mol. The molecule has 0 fully saturated rings. The summed E-state index contributed by atoms with van der Waals surface area (Å²) in [5.74, 6) is 0. The zero-order valence-corrected chi connectivity index (χ0v) is 31.3. The van der Waals surface area contributed by atoms with Crippen molar-refractivity contribution in [1.82, 2.24) is 0 Å². The van der Waals surface area contributed by atoms with E-state index in [1.807, 2.05) is 0 Å². The molecule has 260 valence electrons. The van der Waals surface area contributed by atoms with E-state index >= 15 is 0 Å². The Kier molecular flexibility index (Phi) is 7.67. The molecule has 2 aromatic heterocycles. The fourth-order valence-electron chi connectivity index (χ4n) is 8.05. The smallest absolute Gasteiger partial charge is 0.135 e. The zero-order valence-electron chi connectivity index (χ0n) is 31.3. The molecule has 4 heteroatoms. The third-order valence-electron chi connectivity index (χ3n) is 10.6. The van der Waals surface area contributed by atoms with Crippen molar-refractivity contribution in [2.24, 2.45) is 0 Å². The highest BCUT2D eigenvalue weighted by molar-refractivity contribution is 6.09. The molecule has 53 heavy (non-hydrogen) atoms. The Labute approximate surface area is 310 Å². The summed E-state index contributed by atoms with van der Waals surface area (Å²) in [7, 11) is 0. The van der Waals surface area contributed by atoms with Crippen molar-refractivity contribution in [3.8, 4) is 0 Å². The standard InChI is InChI=1S/C49H42N2O2/c1-29-8-15-43(33(5)22-29)50(36-12-19-47-40(26-36)39-25-32(4)11-18-46(39)52-47)37-13-20-48-41(27-37)42-28-38(14-21-49(42)53-48)51(44-16-9-30(2)23-34(44)6)45-17-10-31(3)24-35(45)7/h8-28H,1-7H3. The topological polar surface area (TPSA) is 32.8 Å². The van der Waals surface area contributed by atoms with Crippen LogP contribution < -0.4 is 9.80 Å². The highest BCUT2D eigenvalue weighted by Crippen LogP contribution is 2.45. The first-order valence-electron chi connectivity index (χ1n) is 18.3. The van der Waals surface area contributed by atoms with Crippen molar-refractivity contribution >= 4 is 78.0 Å². The van der Waals surface area contributed by atoms with E-state index in [1.165, 1.54) is 38.9 Å². The molecule has 0 aliphatic rings. The van der Waals surface area contributed by atoms with Crippen molar-refractivity contribution in [3.63, 3.8) is 0 Å². The quantitative estimate of drug-likeness (QED) is 0.174. The van der Waals surface area contributed by atoms with E-state index < -0.39 is 0 Å². The number of hydrogen-bond donors (Lipinski definition) is 0. The largest absolute Gasteiger partial charge is 0.456 e. The maximum Gasteiger partial charge on any atom is 0.135 e. The van der Waals surface area contributed by atoms with Crippen molar-refractivity contribution in [2.45, 2.75) is 48.5 Å². The molecule has 7 aromatic carbocycles. The van der Waals surface area contributed by atoms with Gasteiger partial charge >= 0.3 is 0 Å². The molecule has 0 aliphatic carbocycles. The summed E-state index contributed by atoms with van der Waals surface area (Å²) >= 11 is 0. The SMILES string of the molecule is Cc1ccc(N(c2ccc3oc4ccc(C)cc4c3c2)c2ccc3oc4ccc(N(c5ccc(C)cc5C)c5ccc(C)cc5C)cc4c3c2)c(C)c1. The summed E-state index contributed by atoms with van der Waals surface area (Å²) < 4.78 is 12.8. The van der Waals surface area contributed by atoms with Gasteiger partial charge in [-0.3, -0.25) is 0 Å². The van der Waals surface area contributed by atoms with E-state index in [2.05, 4.69) is 186 Å². The Morgan fingerprint density at radius 3 is 1.00 bits per heavy atom.